The first-order valence-corrected chi connectivity index (χ1v) is 6.25. The summed E-state index contributed by atoms with van der Waals surface area (Å²) in [6.45, 7) is 4.48. The van der Waals surface area contributed by atoms with Gasteiger partial charge in [0.1, 0.15) is 0 Å². The van der Waals surface area contributed by atoms with Crippen molar-refractivity contribution in [1.29, 1.82) is 0 Å². The van der Waals surface area contributed by atoms with Gasteiger partial charge in [0.25, 0.3) is 0 Å². The Bertz CT molecular complexity index is 396. The van der Waals surface area contributed by atoms with Crippen molar-refractivity contribution in [2.24, 2.45) is 0 Å². The number of hydrogen-bond donors (Lipinski definition) is 1. The van der Waals surface area contributed by atoms with Gasteiger partial charge in [-0.15, -0.1) is 12.3 Å². The number of benzene rings is 1. The van der Waals surface area contributed by atoms with Crippen molar-refractivity contribution in [3.05, 3.63) is 23.8 Å². The van der Waals surface area contributed by atoms with E-state index in [2.05, 4.69) is 18.2 Å². The van der Waals surface area contributed by atoms with Gasteiger partial charge in [0.05, 0.1) is 13.7 Å². The highest BCUT2D eigenvalue weighted by Gasteiger charge is 2.05. The van der Waals surface area contributed by atoms with E-state index in [0.717, 1.165) is 37.4 Å². The summed E-state index contributed by atoms with van der Waals surface area (Å²) in [5, 5.41) is 3.28. The summed E-state index contributed by atoms with van der Waals surface area (Å²) in [4.78, 5) is 0. The van der Waals surface area contributed by atoms with Crippen molar-refractivity contribution >= 4 is 0 Å². The molecule has 1 N–H and O–H groups in total. The fourth-order valence-corrected chi connectivity index (χ4v) is 1.57. The summed E-state index contributed by atoms with van der Waals surface area (Å²) in [6, 6.07) is 5.98. The SMILES string of the molecule is C#CCCCOc1cc(CNCC)ccc1OC. The molecule has 0 bridgehead atoms. The zero-order valence-corrected chi connectivity index (χ0v) is 11.2. The Kier molecular flexibility index (Phi) is 6.75. The molecule has 0 aromatic heterocycles. The van der Waals surface area contributed by atoms with Gasteiger partial charge in [-0.3, -0.25) is 0 Å². The van der Waals surface area contributed by atoms with Gasteiger partial charge < -0.3 is 14.8 Å². The Morgan fingerprint density at radius 3 is 2.83 bits per heavy atom. The molecule has 0 saturated carbocycles. The van der Waals surface area contributed by atoms with Crippen LogP contribution in [0.3, 0.4) is 0 Å². The van der Waals surface area contributed by atoms with Crippen LogP contribution in [-0.4, -0.2) is 20.3 Å². The molecule has 3 heteroatoms. The number of rotatable bonds is 8. The minimum atomic E-state index is 0.616. The molecule has 0 aliphatic carbocycles. The Morgan fingerprint density at radius 2 is 2.17 bits per heavy atom. The molecular weight excluding hydrogens is 226 g/mol. The molecule has 0 aliphatic rings. The van der Waals surface area contributed by atoms with Crippen LogP contribution in [0.1, 0.15) is 25.3 Å². The summed E-state index contributed by atoms with van der Waals surface area (Å²) in [7, 11) is 1.65. The highest BCUT2D eigenvalue weighted by atomic mass is 16.5. The van der Waals surface area contributed by atoms with Crippen LogP contribution in [0.5, 0.6) is 11.5 Å². The maximum atomic E-state index is 5.70. The van der Waals surface area contributed by atoms with Crippen LogP contribution < -0.4 is 14.8 Å². The van der Waals surface area contributed by atoms with Crippen LogP contribution in [-0.2, 0) is 6.54 Å². The second-order valence-corrected chi connectivity index (χ2v) is 3.92. The van der Waals surface area contributed by atoms with Crippen LogP contribution in [0.2, 0.25) is 0 Å². The van der Waals surface area contributed by atoms with Gasteiger partial charge >= 0.3 is 0 Å². The molecule has 3 nitrogen and oxygen atoms in total. The predicted octanol–water partition coefficient (Wildman–Crippen LogP) is 2.60. The lowest BCUT2D eigenvalue weighted by Gasteiger charge is -2.12. The molecule has 18 heavy (non-hydrogen) atoms. The Hall–Kier alpha value is -1.66. The minimum Gasteiger partial charge on any atom is -0.493 e. The monoisotopic (exact) mass is 247 g/mol. The van der Waals surface area contributed by atoms with Gasteiger partial charge in [-0.05, 0) is 30.7 Å². The highest BCUT2D eigenvalue weighted by Crippen LogP contribution is 2.28. The number of hydrogen-bond acceptors (Lipinski definition) is 3. The number of methoxy groups -OCH3 is 1. The fourth-order valence-electron chi connectivity index (χ4n) is 1.57. The number of ether oxygens (including phenoxy) is 2. The average Bonchev–Trinajstić information content (AvgIpc) is 2.41. The molecule has 0 radical (unpaired) electrons. The molecule has 1 aromatic rings. The molecule has 0 fully saturated rings. The lowest BCUT2D eigenvalue weighted by atomic mass is 10.2. The predicted molar refractivity (Wildman–Crippen MR) is 73.9 cm³/mol. The Labute approximate surface area is 109 Å². The highest BCUT2D eigenvalue weighted by molar-refractivity contribution is 5.42. The van der Waals surface area contributed by atoms with Crippen LogP contribution in [0.4, 0.5) is 0 Å². The normalized spacial score (nSPS) is 9.83. The third-order valence-corrected chi connectivity index (χ3v) is 2.53. The first-order valence-electron chi connectivity index (χ1n) is 6.25. The third kappa shape index (κ3) is 4.68. The quantitative estimate of drug-likeness (QED) is 0.566. The van der Waals surface area contributed by atoms with Crippen molar-refractivity contribution in [2.75, 3.05) is 20.3 Å². The Morgan fingerprint density at radius 1 is 1.33 bits per heavy atom. The molecule has 1 rings (SSSR count). The van der Waals surface area contributed by atoms with E-state index in [-0.39, 0.29) is 0 Å². The fraction of sp³-hybridized carbons (Fsp3) is 0.467. The van der Waals surface area contributed by atoms with Gasteiger partial charge in [-0.25, -0.2) is 0 Å². The molecule has 0 spiro atoms. The zero-order valence-electron chi connectivity index (χ0n) is 11.2. The maximum Gasteiger partial charge on any atom is 0.161 e. The minimum absolute atomic E-state index is 0.616. The van der Waals surface area contributed by atoms with Gasteiger partial charge in [0, 0.05) is 13.0 Å². The molecule has 0 atom stereocenters. The summed E-state index contributed by atoms with van der Waals surface area (Å²) in [6.07, 6.45) is 6.80. The number of terminal acetylenes is 1. The van der Waals surface area contributed by atoms with E-state index in [0.29, 0.717) is 6.61 Å². The molecule has 0 unspecified atom stereocenters. The molecule has 0 amide bonds. The third-order valence-electron chi connectivity index (χ3n) is 2.53. The van der Waals surface area contributed by atoms with E-state index in [4.69, 9.17) is 15.9 Å². The average molecular weight is 247 g/mol. The summed E-state index contributed by atoms with van der Waals surface area (Å²) in [5.41, 5.74) is 1.18. The van der Waals surface area contributed by atoms with Crippen molar-refractivity contribution in [3.8, 4) is 23.8 Å². The number of nitrogens with one attached hydrogen (secondary N) is 1. The standard InChI is InChI=1S/C15H21NO2/c1-4-6-7-10-18-15-11-13(12-16-5-2)8-9-14(15)17-3/h1,8-9,11,16H,5-7,10,12H2,2-3H3. The van der Waals surface area contributed by atoms with Gasteiger partial charge in [0.2, 0.25) is 0 Å². The second-order valence-electron chi connectivity index (χ2n) is 3.92. The van der Waals surface area contributed by atoms with Crippen LogP contribution in [0, 0.1) is 12.3 Å². The van der Waals surface area contributed by atoms with Gasteiger partial charge in [0.15, 0.2) is 11.5 Å². The molecule has 1 aromatic carbocycles. The zero-order chi connectivity index (χ0) is 13.2. The van der Waals surface area contributed by atoms with Crippen molar-refractivity contribution in [2.45, 2.75) is 26.3 Å². The van der Waals surface area contributed by atoms with E-state index in [1.54, 1.807) is 7.11 Å². The lowest BCUT2D eigenvalue weighted by Crippen LogP contribution is -2.11. The van der Waals surface area contributed by atoms with Gasteiger partial charge in [-0.2, -0.15) is 0 Å². The first-order chi connectivity index (χ1) is 8.81. The first kappa shape index (κ1) is 14.4. The van der Waals surface area contributed by atoms with E-state index < -0.39 is 0 Å². The smallest absolute Gasteiger partial charge is 0.161 e. The topological polar surface area (TPSA) is 30.5 Å². The largest absolute Gasteiger partial charge is 0.493 e. The summed E-state index contributed by atoms with van der Waals surface area (Å²) < 4.78 is 11.0. The van der Waals surface area contributed by atoms with Gasteiger partial charge in [-0.1, -0.05) is 13.0 Å². The maximum absolute atomic E-state index is 5.70. The van der Waals surface area contributed by atoms with E-state index >= 15 is 0 Å². The summed E-state index contributed by atoms with van der Waals surface area (Å²) >= 11 is 0. The number of unbranched alkanes of at least 4 members (excludes halogenated alkanes) is 1. The van der Waals surface area contributed by atoms with Crippen LogP contribution >= 0.6 is 0 Å². The van der Waals surface area contributed by atoms with E-state index in [1.165, 1.54) is 5.56 Å². The second kappa shape index (κ2) is 8.43. The molecular formula is C15H21NO2. The van der Waals surface area contributed by atoms with Crippen molar-refractivity contribution < 1.29 is 9.47 Å². The molecule has 0 aliphatic heterocycles. The van der Waals surface area contributed by atoms with Crippen LogP contribution in [0.15, 0.2) is 18.2 Å². The Balaban J connectivity index is 2.63. The van der Waals surface area contributed by atoms with Crippen molar-refractivity contribution in [3.63, 3.8) is 0 Å². The molecule has 98 valence electrons. The summed E-state index contributed by atoms with van der Waals surface area (Å²) in [5.74, 6) is 4.14. The lowest BCUT2D eigenvalue weighted by molar-refractivity contribution is 0.290. The molecule has 0 saturated heterocycles. The van der Waals surface area contributed by atoms with E-state index in [9.17, 15) is 0 Å². The van der Waals surface area contributed by atoms with Crippen molar-refractivity contribution in [1.82, 2.24) is 5.32 Å². The molecule has 0 heterocycles. The van der Waals surface area contributed by atoms with Crippen LogP contribution in [0.25, 0.3) is 0 Å². The van der Waals surface area contributed by atoms with E-state index in [1.807, 2.05) is 18.2 Å².